The quantitative estimate of drug-likeness (QED) is 0.519. The highest BCUT2D eigenvalue weighted by molar-refractivity contribution is 7.22. The zero-order chi connectivity index (χ0) is 26.2. The molecular formula is C25H31N5O5S. The van der Waals surface area contributed by atoms with Gasteiger partial charge < -0.3 is 14.5 Å². The van der Waals surface area contributed by atoms with Crippen LogP contribution in [-0.2, 0) is 9.47 Å². The summed E-state index contributed by atoms with van der Waals surface area (Å²) in [4.78, 5) is 48.6. The SMILES string of the molecule is Cc1nn(C(=O)OC(C)(C)C)cc1-c1cc2nc([C@@H]3[C@@H]4C[C@@H]4CN3C(=O)OC(C)(C)C)[nH]c(=O)c2s1. The molecule has 1 aliphatic carbocycles. The number of nitrogens with one attached hydrogen (secondary N) is 1. The molecule has 5 rings (SSSR count). The summed E-state index contributed by atoms with van der Waals surface area (Å²) in [7, 11) is 0. The number of carbonyl (C=O) groups excluding carboxylic acids is 2. The molecule has 192 valence electrons. The molecule has 0 unspecified atom stereocenters. The van der Waals surface area contributed by atoms with Crippen LogP contribution in [0, 0.1) is 18.8 Å². The highest BCUT2D eigenvalue weighted by Crippen LogP contribution is 2.56. The minimum Gasteiger partial charge on any atom is -0.444 e. The van der Waals surface area contributed by atoms with E-state index in [9.17, 15) is 14.4 Å². The van der Waals surface area contributed by atoms with Crippen molar-refractivity contribution in [3.63, 3.8) is 0 Å². The van der Waals surface area contributed by atoms with E-state index in [4.69, 9.17) is 14.5 Å². The van der Waals surface area contributed by atoms with E-state index in [0.29, 0.717) is 34.2 Å². The van der Waals surface area contributed by atoms with Crippen LogP contribution in [0.4, 0.5) is 9.59 Å². The molecule has 36 heavy (non-hydrogen) atoms. The average Bonchev–Trinajstić information content (AvgIpc) is 3.08. The van der Waals surface area contributed by atoms with Crippen LogP contribution >= 0.6 is 11.3 Å². The molecular weight excluding hydrogens is 482 g/mol. The number of fused-ring (bicyclic) bond motifs is 2. The monoisotopic (exact) mass is 513 g/mol. The summed E-state index contributed by atoms with van der Waals surface area (Å²) >= 11 is 1.29. The van der Waals surface area contributed by atoms with Crippen LogP contribution in [0.5, 0.6) is 0 Å². The molecule has 2 aliphatic rings. The van der Waals surface area contributed by atoms with Crippen LogP contribution in [-0.4, -0.2) is 54.6 Å². The Labute approximate surface area is 212 Å². The van der Waals surface area contributed by atoms with Gasteiger partial charge in [0, 0.05) is 23.2 Å². The van der Waals surface area contributed by atoms with Gasteiger partial charge in [-0.15, -0.1) is 11.3 Å². The van der Waals surface area contributed by atoms with Crippen molar-refractivity contribution >= 4 is 33.7 Å². The number of hydrogen-bond donors (Lipinski definition) is 1. The maximum Gasteiger partial charge on any atom is 0.435 e. The molecule has 0 aromatic carbocycles. The Morgan fingerprint density at radius 1 is 1.11 bits per heavy atom. The molecule has 2 fully saturated rings. The van der Waals surface area contributed by atoms with E-state index in [-0.39, 0.29) is 17.5 Å². The van der Waals surface area contributed by atoms with Crippen molar-refractivity contribution in [1.29, 1.82) is 0 Å². The smallest absolute Gasteiger partial charge is 0.435 e. The molecule has 0 radical (unpaired) electrons. The third-order valence-corrected chi connectivity index (χ3v) is 7.36. The van der Waals surface area contributed by atoms with Gasteiger partial charge in [-0.05, 0) is 72.8 Å². The van der Waals surface area contributed by atoms with Crippen LogP contribution in [0.1, 0.15) is 65.5 Å². The van der Waals surface area contributed by atoms with Crippen LogP contribution in [0.25, 0.3) is 20.7 Å². The number of rotatable bonds is 2. The van der Waals surface area contributed by atoms with Gasteiger partial charge in [0.2, 0.25) is 0 Å². The number of hydrogen-bond acceptors (Lipinski definition) is 8. The van der Waals surface area contributed by atoms with E-state index in [1.54, 1.807) is 38.8 Å². The second-order valence-electron chi connectivity index (χ2n) is 11.6. The first-order chi connectivity index (χ1) is 16.7. The zero-order valence-corrected chi connectivity index (χ0v) is 22.4. The largest absolute Gasteiger partial charge is 0.444 e. The molecule has 1 aliphatic heterocycles. The summed E-state index contributed by atoms with van der Waals surface area (Å²) in [6.45, 7) is 13.3. The third kappa shape index (κ3) is 4.63. The first kappa shape index (κ1) is 24.5. The Kier molecular flexibility index (Phi) is 5.55. The Morgan fingerprint density at radius 3 is 2.44 bits per heavy atom. The predicted molar refractivity (Wildman–Crippen MR) is 135 cm³/mol. The minimum atomic E-state index is -0.643. The number of likely N-dealkylation sites (tertiary alicyclic amines) is 1. The Morgan fingerprint density at radius 2 is 1.78 bits per heavy atom. The molecule has 4 heterocycles. The fourth-order valence-corrected chi connectivity index (χ4v) is 5.71. The van der Waals surface area contributed by atoms with Gasteiger partial charge in [0.25, 0.3) is 5.56 Å². The minimum absolute atomic E-state index is 0.253. The van der Waals surface area contributed by atoms with Gasteiger partial charge in [-0.2, -0.15) is 9.78 Å². The van der Waals surface area contributed by atoms with Crippen LogP contribution < -0.4 is 5.56 Å². The molecule has 1 amide bonds. The number of H-pyrrole nitrogens is 1. The van der Waals surface area contributed by atoms with Gasteiger partial charge in [-0.3, -0.25) is 9.69 Å². The molecule has 1 saturated heterocycles. The summed E-state index contributed by atoms with van der Waals surface area (Å²) in [5, 5.41) is 4.30. The first-order valence-corrected chi connectivity index (χ1v) is 12.9. The van der Waals surface area contributed by atoms with Crippen molar-refractivity contribution in [3.8, 4) is 10.4 Å². The number of amides is 1. The highest BCUT2D eigenvalue weighted by Gasteiger charge is 2.56. The lowest BCUT2D eigenvalue weighted by Gasteiger charge is -2.29. The predicted octanol–water partition coefficient (Wildman–Crippen LogP) is 4.87. The topological polar surface area (TPSA) is 119 Å². The van der Waals surface area contributed by atoms with Crippen molar-refractivity contribution in [2.24, 2.45) is 11.8 Å². The number of nitrogens with zero attached hydrogens (tertiary/aromatic N) is 4. The lowest BCUT2D eigenvalue weighted by atomic mass is 10.1. The molecule has 3 aromatic rings. The summed E-state index contributed by atoms with van der Waals surface area (Å²) < 4.78 is 12.7. The summed E-state index contributed by atoms with van der Waals surface area (Å²) in [5.74, 6) is 1.15. The second kappa shape index (κ2) is 8.16. The van der Waals surface area contributed by atoms with Gasteiger partial charge in [-0.1, -0.05) is 0 Å². The summed E-state index contributed by atoms with van der Waals surface area (Å²) in [6.07, 6.45) is 1.65. The molecule has 3 aromatic heterocycles. The number of carbonyl (C=O) groups is 2. The lowest BCUT2D eigenvalue weighted by molar-refractivity contribution is 0.0183. The van der Waals surface area contributed by atoms with E-state index in [1.165, 1.54) is 16.0 Å². The zero-order valence-electron chi connectivity index (χ0n) is 21.5. The summed E-state index contributed by atoms with van der Waals surface area (Å²) in [6, 6.07) is 1.52. The lowest BCUT2D eigenvalue weighted by Crippen LogP contribution is -2.39. The van der Waals surface area contributed by atoms with Gasteiger partial charge in [0.15, 0.2) is 0 Å². The average molecular weight is 514 g/mol. The molecule has 10 nitrogen and oxygen atoms in total. The molecule has 1 N–H and O–H groups in total. The van der Waals surface area contributed by atoms with E-state index < -0.39 is 23.4 Å². The van der Waals surface area contributed by atoms with E-state index in [1.807, 2.05) is 26.8 Å². The van der Waals surface area contributed by atoms with Gasteiger partial charge in [0.05, 0.1) is 17.3 Å². The molecule has 3 atom stereocenters. The number of aromatic amines is 1. The Balaban J connectivity index is 1.47. The van der Waals surface area contributed by atoms with Crippen molar-refractivity contribution in [2.45, 2.75) is 72.1 Å². The number of piperidine rings is 1. The normalized spacial score (nSPS) is 21.5. The molecule has 0 spiro atoms. The number of thiophene rings is 1. The van der Waals surface area contributed by atoms with Crippen molar-refractivity contribution in [2.75, 3.05) is 6.54 Å². The third-order valence-electron chi connectivity index (χ3n) is 6.20. The fraction of sp³-hybridized carbons (Fsp3) is 0.560. The van der Waals surface area contributed by atoms with Gasteiger partial charge in [-0.25, -0.2) is 14.6 Å². The first-order valence-electron chi connectivity index (χ1n) is 12.0. The fourth-order valence-electron chi connectivity index (χ4n) is 4.66. The number of aromatic nitrogens is 4. The molecule has 11 heteroatoms. The Bertz CT molecular complexity index is 1420. The van der Waals surface area contributed by atoms with Crippen molar-refractivity contribution in [3.05, 3.63) is 34.1 Å². The maximum atomic E-state index is 13.1. The van der Waals surface area contributed by atoms with E-state index in [2.05, 4.69) is 10.1 Å². The number of ether oxygens (including phenoxy) is 2. The second-order valence-corrected chi connectivity index (χ2v) is 12.6. The van der Waals surface area contributed by atoms with Gasteiger partial charge >= 0.3 is 12.2 Å². The van der Waals surface area contributed by atoms with Crippen LogP contribution in [0.3, 0.4) is 0 Å². The molecule has 1 saturated carbocycles. The standard InChI is InChI=1S/C25H31N5O5S/c1-12-15(11-30(28-12)23(33)35-25(5,6)7)17-9-16-19(36-17)21(31)27-20(26-16)18-14-8-13(14)10-29(18)22(32)34-24(2,3)4/h9,11,13-14,18H,8,10H2,1-7H3,(H,26,27,31)/t13-,14-,18+/m1/s1. The van der Waals surface area contributed by atoms with Crippen LogP contribution in [0.2, 0.25) is 0 Å². The van der Waals surface area contributed by atoms with Crippen LogP contribution in [0.15, 0.2) is 17.1 Å². The maximum absolute atomic E-state index is 13.1. The number of aryl methyl sites for hydroxylation is 1. The van der Waals surface area contributed by atoms with E-state index >= 15 is 0 Å². The highest BCUT2D eigenvalue weighted by atomic mass is 32.1. The van der Waals surface area contributed by atoms with E-state index in [0.717, 1.165) is 16.9 Å². The van der Waals surface area contributed by atoms with Crippen molar-refractivity contribution in [1.82, 2.24) is 24.6 Å². The van der Waals surface area contributed by atoms with Gasteiger partial charge in [0.1, 0.15) is 21.7 Å². The molecule has 0 bridgehead atoms. The summed E-state index contributed by atoms with van der Waals surface area (Å²) in [5.41, 5.74) is 0.405. The Hall–Kier alpha value is -3.21. The van der Waals surface area contributed by atoms with Crippen molar-refractivity contribution < 1.29 is 19.1 Å².